The molecule has 1 aromatic heterocycles. The number of aromatic carboxylic acids is 1. The van der Waals surface area contributed by atoms with Gasteiger partial charge in [-0.3, -0.25) is 4.79 Å². The Kier molecular flexibility index (Phi) is 4.39. The van der Waals surface area contributed by atoms with Crippen molar-refractivity contribution in [3.8, 4) is 0 Å². The minimum Gasteiger partial charge on any atom is -0.478 e. The number of carbonyl (C=O) groups is 2. The lowest BCUT2D eigenvalue weighted by Crippen LogP contribution is -2.06. The van der Waals surface area contributed by atoms with Gasteiger partial charge in [-0.15, -0.1) is 0 Å². The molecular weight excluding hydrogens is 294 g/mol. The van der Waals surface area contributed by atoms with Crippen molar-refractivity contribution in [3.63, 3.8) is 0 Å². The van der Waals surface area contributed by atoms with Crippen LogP contribution in [-0.2, 0) is 4.79 Å². The van der Waals surface area contributed by atoms with E-state index in [0.717, 1.165) is 0 Å². The molecule has 0 fully saturated rings. The van der Waals surface area contributed by atoms with Crippen LogP contribution in [0, 0.1) is 0 Å². The number of carbonyl (C=O) groups excluding carboxylic acids is 1. The summed E-state index contributed by atoms with van der Waals surface area (Å²) in [5.74, 6) is -1.11. The van der Waals surface area contributed by atoms with E-state index in [1.54, 1.807) is 24.3 Å². The molecule has 1 heterocycles. The summed E-state index contributed by atoms with van der Waals surface area (Å²) in [4.78, 5) is 26.0. The third-order valence-electron chi connectivity index (χ3n) is 2.56. The number of halogens is 1. The van der Waals surface area contributed by atoms with Crippen molar-refractivity contribution in [2.75, 3.05) is 10.6 Å². The highest BCUT2D eigenvalue weighted by molar-refractivity contribution is 6.29. The molecule has 7 heteroatoms. The summed E-state index contributed by atoms with van der Waals surface area (Å²) >= 11 is 5.78. The molecule has 0 spiro atoms. The number of carboxylic acid groups (broad SMARTS) is 1. The van der Waals surface area contributed by atoms with Gasteiger partial charge in [-0.25, -0.2) is 9.78 Å². The monoisotopic (exact) mass is 305 g/mol. The molecule has 3 N–H and O–H groups in total. The lowest BCUT2D eigenvalue weighted by molar-refractivity contribution is -0.114. The molecule has 0 aliphatic heterocycles. The summed E-state index contributed by atoms with van der Waals surface area (Å²) in [7, 11) is 0. The van der Waals surface area contributed by atoms with Gasteiger partial charge in [0.2, 0.25) is 5.91 Å². The summed E-state index contributed by atoms with van der Waals surface area (Å²) < 4.78 is 0. The van der Waals surface area contributed by atoms with Crippen LogP contribution in [0.5, 0.6) is 0 Å². The maximum absolute atomic E-state index is 11.1. The topological polar surface area (TPSA) is 91.3 Å². The Morgan fingerprint density at radius 3 is 2.29 bits per heavy atom. The van der Waals surface area contributed by atoms with E-state index in [9.17, 15) is 9.59 Å². The first-order valence-electron chi connectivity index (χ1n) is 6.00. The standard InChI is InChI=1S/C14H12ClN3O3/c1-8(19)16-9-2-4-10(5-3-9)17-13-11(14(20)21)6-7-12(15)18-13/h2-7H,1H3,(H,16,19)(H,17,18)(H,20,21). The van der Waals surface area contributed by atoms with E-state index in [2.05, 4.69) is 15.6 Å². The molecule has 21 heavy (non-hydrogen) atoms. The second kappa shape index (κ2) is 6.23. The summed E-state index contributed by atoms with van der Waals surface area (Å²) in [6.45, 7) is 1.42. The molecule has 0 saturated carbocycles. The molecule has 108 valence electrons. The first kappa shape index (κ1) is 14.8. The van der Waals surface area contributed by atoms with Crippen LogP contribution in [0.15, 0.2) is 36.4 Å². The number of hydrogen-bond donors (Lipinski definition) is 3. The molecular formula is C14H12ClN3O3. The zero-order chi connectivity index (χ0) is 15.4. The normalized spacial score (nSPS) is 10.0. The van der Waals surface area contributed by atoms with Gasteiger partial charge in [0.05, 0.1) is 0 Å². The Morgan fingerprint density at radius 1 is 1.10 bits per heavy atom. The first-order chi connectivity index (χ1) is 9.95. The fourth-order valence-corrected chi connectivity index (χ4v) is 1.83. The van der Waals surface area contributed by atoms with Crippen molar-refractivity contribution in [1.29, 1.82) is 0 Å². The number of anilines is 3. The van der Waals surface area contributed by atoms with Crippen molar-refractivity contribution in [1.82, 2.24) is 4.98 Å². The highest BCUT2D eigenvalue weighted by Crippen LogP contribution is 2.22. The SMILES string of the molecule is CC(=O)Nc1ccc(Nc2nc(Cl)ccc2C(=O)O)cc1. The number of aromatic nitrogens is 1. The Morgan fingerprint density at radius 2 is 1.71 bits per heavy atom. The molecule has 0 bridgehead atoms. The largest absolute Gasteiger partial charge is 0.478 e. The Balaban J connectivity index is 2.23. The number of amides is 1. The predicted octanol–water partition coefficient (Wildman–Crippen LogP) is 3.14. The van der Waals surface area contributed by atoms with E-state index < -0.39 is 5.97 Å². The van der Waals surface area contributed by atoms with E-state index in [-0.39, 0.29) is 22.4 Å². The third kappa shape index (κ3) is 3.93. The van der Waals surface area contributed by atoms with Crippen molar-refractivity contribution < 1.29 is 14.7 Å². The summed E-state index contributed by atoms with van der Waals surface area (Å²) in [5, 5.41) is 14.8. The molecule has 0 unspecified atom stereocenters. The van der Waals surface area contributed by atoms with E-state index in [1.165, 1.54) is 19.1 Å². The number of benzene rings is 1. The van der Waals surface area contributed by atoms with Crippen LogP contribution in [-0.4, -0.2) is 22.0 Å². The average Bonchev–Trinajstić information content (AvgIpc) is 2.40. The van der Waals surface area contributed by atoms with Crippen LogP contribution in [0.25, 0.3) is 0 Å². The minimum atomic E-state index is -1.10. The number of hydrogen-bond acceptors (Lipinski definition) is 4. The van der Waals surface area contributed by atoms with Crippen LogP contribution in [0.3, 0.4) is 0 Å². The molecule has 2 rings (SSSR count). The maximum Gasteiger partial charge on any atom is 0.339 e. The van der Waals surface area contributed by atoms with E-state index >= 15 is 0 Å². The molecule has 0 radical (unpaired) electrons. The number of nitrogens with one attached hydrogen (secondary N) is 2. The minimum absolute atomic E-state index is 0.0188. The second-order valence-corrected chi connectivity index (χ2v) is 4.61. The van der Waals surface area contributed by atoms with Crippen LogP contribution in [0.4, 0.5) is 17.2 Å². The Hall–Kier alpha value is -2.60. The molecule has 0 aliphatic rings. The number of nitrogens with zero attached hydrogens (tertiary/aromatic N) is 1. The van der Waals surface area contributed by atoms with E-state index in [4.69, 9.17) is 16.7 Å². The van der Waals surface area contributed by atoms with Crippen LogP contribution in [0.2, 0.25) is 5.15 Å². The Labute approximate surface area is 125 Å². The quantitative estimate of drug-likeness (QED) is 0.755. The second-order valence-electron chi connectivity index (χ2n) is 4.22. The van der Waals surface area contributed by atoms with Crippen molar-refractivity contribution in [2.24, 2.45) is 0 Å². The van der Waals surface area contributed by atoms with Gasteiger partial charge in [0, 0.05) is 18.3 Å². The molecule has 0 aliphatic carbocycles. The van der Waals surface area contributed by atoms with Gasteiger partial charge >= 0.3 is 5.97 Å². The van der Waals surface area contributed by atoms with Gasteiger partial charge in [0.1, 0.15) is 16.5 Å². The number of rotatable bonds is 4. The summed E-state index contributed by atoms with van der Waals surface area (Å²) in [5.41, 5.74) is 1.29. The van der Waals surface area contributed by atoms with Gasteiger partial charge in [-0.1, -0.05) is 11.6 Å². The van der Waals surface area contributed by atoms with Crippen molar-refractivity contribution >= 4 is 40.7 Å². The van der Waals surface area contributed by atoms with Gasteiger partial charge < -0.3 is 15.7 Å². The lowest BCUT2D eigenvalue weighted by atomic mass is 10.2. The molecule has 0 saturated heterocycles. The Bertz CT molecular complexity index is 686. The van der Waals surface area contributed by atoms with Gasteiger partial charge in [-0.05, 0) is 36.4 Å². The zero-order valence-corrected chi connectivity index (χ0v) is 11.8. The highest BCUT2D eigenvalue weighted by atomic mass is 35.5. The number of carboxylic acids is 1. The average molecular weight is 306 g/mol. The van der Waals surface area contributed by atoms with Crippen LogP contribution in [0.1, 0.15) is 17.3 Å². The fourth-order valence-electron chi connectivity index (χ4n) is 1.68. The molecule has 0 atom stereocenters. The predicted molar refractivity (Wildman–Crippen MR) is 80.2 cm³/mol. The van der Waals surface area contributed by atoms with Gasteiger partial charge in [0.15, 0.2) is 0 Å². The van der Waals surface area contributed by atoms with E-state index in [0.29, 0.717) is 11.4 Å². The fraction of sp³-hybridized carbons (Fsp3) is 0.0714. The van der Waals surface area contributed by atoms with Crippen LogP contribution < -0.4 is 10.6 Å². The smallest absolute Gasteiger partial charge is 0.339 e. The third-order valence-corrected chi connectivity index (χ3v) is 2.77. The van der Waals surface area contributed by atoms with Gasteiger partial charge in [0.25, 0.3) is 0 Å². The summed E-state index contributed by atoms with van der Waals surface area (Å²) in [6, 6.07) is 9.56. The molecule has 6 nitrogen and oxygen atoms in total. The number of pyridine rings is 1. The summed E-state index contributed by atoms with van der Waals surface area (Å²) in [6.07, 6.45) is 0. The molecule has 1 aromatic carbocycles. The zero-order valence-electron chi connectivity index (χ0n) is 11.1. The lowest BCUT2D eigenvalue weighted by Gasteiger charge is -2.10. The van der Waals surface area contributed by atoms with E-state index in [1.807, 2.05) is 0 Å². The molecule has 2 aromatic rings. The highest BCUT2D eigenvalue weighted by Gasteiger charge is 2.12. The van der Waals surface area contributed by atoms with Crippen molar-refractivity contribution in [2.45, 2.75) is 6.92 Å². The van der Waals surface area contributed by atoms with Crippen molar-refractivity contribution in [3.05, 3.63) is 47.1 Å². The van der Waals surface area contributed by atoms with Crippen LogP contribution >= 0.6 is 11.6 Å². The maximum atomic E-state index is 11.1. The van der Waals surface area contributed by atoms with Gasteiger partial charge in [-0.2, -0.15) is 0 Å². The molecule has 1 amide bonds. The first-order valence-corrected chi connectivity index (χ1v) is 6.38.